The highest BCUT2D eigenvalue weighted by molar-refractivity contribution is 7.85. The summed E-state index contributed by atoms with van der Waals surface area (Å²) in [6.07, 6.45) is 21.0. The van der Waals surface area contributed by atoms with E-state index in [9.17, 15) is 13.5 Å². The van der Waals surface area contributed by atoms with Crippen LogP contribution in [0.25, 0.3) is 0 Å². The summed E-state index contributed by atoms with van der Waals surface area (Å²) in [5.74, 6) is -0.575. The van der Waals surface area contributed by atoms with E-state index in [1.807, 2.05) is 0 Å². The van der Waals surface area contributed by atoms with Crippen LogP contribution in [-0.4, -0.2) is 61.1 Å². The SMILES string of the molecule is CCCCCCCCCCCCCCCC(CCCC)[N+](C)(C)CC(O)CS(=O)(=O)O. The average molecular weight is 465 g/mol. The van der Waals surface area contributed by atoms with Crippen molar-refractivity contribution in [3.05, 3.63) is 0 Å². The molecule has 0 radical (unpaired) electrons. The lowest BCUT2D eigenvalue weighted by Gasteiger charge is -2.39. The van der Waals surface area contributed by atoms with Crippen LogP contribution in [0.5, 0.6) is 0 Å². The van der Waals surface area contributed by atoms with Gasteiger partial charge in [-0.1, -0.05) is 97.3 Å². The Bertz CT molecular complexity index is 508. The van der Waals surface area contributed by atoms with Crippen molar-refractivity contribution in [3.8, 4) is 0 Å². The van der Waals surface area contributed by atoms with Gasteiger partial charge in [-0.2, -0.15) is 8.42 Å². The molecule has 0 aliphatic heterocycles. The lowest BCUT2D eigenvalue weighted by Crippen LogP contribution is -2.53. The van der Waals surface area contributed by atoms with Crippen LogP contribution in [-0.2, 0) is 10.1 Å². The van der Waals surface area contributed by atoms with Crippen LogP contribution >= 0.6 is 0 Å². The third kappa shape index (κ3) is 19.0. The van der Waals surface area contributed by atoms with Gasteiger partial charge >= 0.3 is 0 Å². The number of nitrogens with zero attached hydrogens (tertiary/aromatic N) is 1. The van der Waals surface area contributed by atoms with Gasteiger partial charge in [-0.15, -0.1) is 0 Å². The minimum Gasteiger partial charge on any atom is -0.386 e. The highest BCUT2D eigenvalue weighted by atomic mass is 32.2. The summed E-state index contributed by atoms with van der Waals surface area (Å²) in [5.41, 5.74) is 0. The van der Waals surface area contributed by atoms with Gasteiger partial charge in [-0.3, -0.25) is 4.55 Å². The molecule has 0 spiro atoms. The molecule has 0 aromatic carbocycles. The van der Waals surface area contributed by atoms with E-state index in [4.69, 9.17) is 4.55 Å². The first-order valence-electron chi connectivity index (χ1n) is 13.1. The number of quaternary nitrogens is 1. The molecule has 0 aliphatic carbocycles. The van der Waals surface area contributed by atoms with Gasteiger partial charge in [0.05, 0.1) is 20.1 Å². The van der Waals surface area contributed by atoms with Crippen LogP contribution in [0.3, 0.4) is 0 Å². The largest absolute Gasteiger partial charge is 0.386 e. The van der Waals surface area contributed by atoms with E-state index in [0.717, 1.165) is 25.7 Å². The fourth-order valence-corrected chi connectivity index (χ4v) is 5.26. The Labute approximate surface area is 194 Å². The first kappa shape index (κ1) is 30.8. The molecule has 2 atom stereocenters. The molecule has 0 amide bonds. The predicted molar refractivity (Wildman–Crippen MR) is 133 cm³/mol. The Kier molecular flexibility index (Phi) is 18.2. The highest BCUT2D eigenvalue weighted by Crippen LogP contribution is 2.22. The molecule has 0 saturated carbocycles. The zero-order valence-corrected chi connectivity index (χ0v) is 22.0. The van der Waals surface area contributed by atoms with Crippen molar-refractivity contribution >= 4 is 10.1 Å². The van der Waals surface area contributed by atoms with Crippen LogP contribution in [0.4, 0.5) is 0 Å². The van der Waals surface area contributed by atoms with Gasteiger partial charge in [-0.05, 0) is 25.7 Å². The summed E-state index contributed by atoms with van der Waals surface area (Å²) in [6.45, 7) is 4.81. The second-order valence-electron chi connectivity index (χ2n) is 10.2. The summed E-state index contributed by atoms with van der Waals surface area (Å²) in [4.78, 5) is 0. The topological polar surface area (TPSA) is 74.6 Å². The number of unbranched alkanes of at least 4 members (excludes halogenated alkanes) is 13. The molecule has 0 aliphatic rings. The first-order chi connectivity index (χ1) is 14.6. The van der Waals surface area contributed by atoms with Crippen LogP contribution in [0.15, 0.2) is 0 Å². The van der Waals surface area contributed by atoms with E-state index in [-0.39, 0.29) is 0 Å². The lowest BCUT2D eigenvalue weighted by molar-refractivity contribution is -0.918. The lowest BCUT2D eigenvalue weighted by atomic mass is 9.98. The number of likely N-dealkylation sites (N-methyl/N-ethyl adjacent to an activating group) is 1. The van der Waals surface area contributed by atoms with Crippen LogP contribution in [0, 0.1) is 0 Å². The second kappa shape index (κ2) is 18.3. The maximum Gasteiger partial charge on any atom is 0.267 e. The summed E-state index contributed by atoms with van der Waals surface area (Å²) < 4.78 is 31.7. The van der Waals surface area contributed by atoms with E-state index in [1.165, 1.54) is 83.5 Å². The predicted octanol–water partition coefficient (Wildman–Crippen LogP) is 6.35. The molecule has 0 aromatic heterocycles. The van der Waals surface area contributed by atoms with Crippen molar-refractivity contribution < 1.29 is 22.6 Å². The number of aliphatic hydroxyl groups is 1. The number of rotatable bonds is 22. The first-order valence-corrected chi connectivity index (χ1v) is 14.7. The van der Waals surface area contributed by atoms with Crippen molar-refractivity contribution in [3.63, 3.8) is 0 Å². The van der Waals surface area contributed by atoms with E-state index in [1.54, 1.807) is 0 Å². The number of aliphatic hydroxyl groups excluding tert-OH is 1. The van der Waals surface area contributed by atoms with Crippen molar-refractivity contribution in [1.82, 2.24) is 0 Å². The molecule has 0 rings (SSSR count). The molecule has 2 unspecified atom stereocenters. The van der Waals surface area contributed by atoms with Crippen molar-refractivity contribution in [2.75, 3.05) is 26.4 Å². The van der Waals surface area contributed by atoms with E-state index in [0.29, 0.717) is 17.1 Å². The van der Waals surface area contributed by atoms with Gasteiger partial charge in [0.15, 0.2) is 0 Å². The molecule has 6 heteroatoms. The quantitative estimate of drug-likeness (QED) is 0.111. The normalized spacial score (nSPS) is 14.6. The molecular formula is C25H54NO4S+. The molecule has 188 valence electrons. The summed E-state index contributed by atoms with van der Waals surface area (Å²) in [7, 11) is 0.0185. The maximum absolute atomic E-state index is 11.1. The van der Waals surface area contributed by atoms with E-state index in [2.05, 4.69) is 27.9 Å². The molecule has 0 saturated heterocycles. The van der Waals surface area contributed by atoms with Gasteiger partial charge in [0.2, 0.25) is 0 Å². The Hall–Kier alpha value is -0.170. The Balaban J connectivity index is 4.05. The van der Waals surface area contributed by atoms with E-state index >= 15 is 0 Å². The molecule has 0 heterocycles. The second-order valence-corrected chi connectivity index (χ2v) is 11.7. The molecule has 5 nitrogen and oxygen atoms in total. The average Bonchev–Trinajstić information content (AvgIpc) is 2.65. The van der Waals surface area contributed by atoms with Crippen molar-refractivity contribution in [2.24, 2.45) is 0 Å². The van der Waals surface area contributed by atoms with Gasteiger partial charge in [0.25, 0.3) is 10.1 Å². The monoisotopic (exact) mass is 464 g/mol. The fourth-order valence-electron chi connectivity index (χ4n) is 4.67. The maximum atomic E-state index is 11.1. The van der Waals surface area contributed by atoms with Crippen LogP contribution in [0.1, 0.15) is 123 Å². The smallest absolute Gasteiger partial charge is 0.267 e. The third-order valence-electron chi connectivity index (χ3n) is 6.60. The molecule has 0 bridgehead atoms. The Morgan fingerprint density at radius 1 is 0.677 bits per heavy atom. The minimum absolute atomic E-state index is 0.354. The molecule has 2 N–H and O–H groups in total. The third-order valence-corrected chi connectivity index (χ3v) is 7.41. The summed E-state index contributed by atoms with van der Waals surface area (Å²) in [6, 6.07) is 0.420. The Morgan fingerprint density at radius 2 is 1.06 bits per heavy atom. The molecule has 0 fully saturated rings. The van der Waals surface area contributed by atoms with Crippen LogP contribution < -0.4 is 0 Å². The zero-order chi connectivity index (χ0) is 23.6. The standard InChI is InChI=1S/C25H53NO4S/c1-5-7-9-10-11-12-13-14-15-16-17-18-19-21-24(20-8-6-2)26(3,4)22-25(27)23-31(28,29)30/h24-25,27H,5-23H2,1-4H3/p+1. The summed E-state index contributed by atoms with van der Waals surface area (Å²) in [5, 5.41) is 10.1. The zero-order valence-electron chi connectivity index (χ0n) is 21.2. The van der Waals surface area contributed by atoms with Crippen LogP contribution in [0.2, 0.25) is 0 Å². The Morgan fingerprint density at radius 3 is 1.48 bits per heavy atom. The van der Waals surface area contributed by atoms with Crippen molar-refractivity contribution in [1.29, 1.82) is 0 Å². The minimum atomic E-state index is -4.14. The summed E-state index contributed by atoms with van der Waals surface area (Å²) >= 11 is 0. The van der Waals surface area contributed by atoms with E-state index < -0.39 is 22.0 Å². The van der Waals surface area contributed by atoms with Gasteiger partial charge in [-0.25, -0.2) is 0 Å². The fraction of sp³-hybridized carbons (Fsp3) is 1.00. The number of hydrogen-bond donors (Lipinski definition) is 2. The highest BCUT2D eigenvalue weighted by Gasteiger charge is 2.31. The molecule has 0 aromatic rings. The van der Waals surface area contributed by atoms with Crippen molar-refractivity contribution in [2.45, 2.75) is 135 Å². The molecular weight excluding hydrogens is 410 g/mol. The van der Waals surface area contributed by atoms with Gasteiger partial charge in [0, 0.05) is 0 Å². The number of hydrogen-bond acceptors (Lipinski definition) is 3. The van der Waals surface area contributed by atoms with Gasteiger partial charge in [0.1, 0.15) is 18.4 Å². The van der Waals surface area contributed by atoms with Gasteiger partial charge < -0.3 is 9.59 Å². The molecule has 31 heavy (non-hydrogen) atoms.